The van der Waals surface area contributed by atoms with Gasteiger partial charge in [-0.25, -0.2) is 0 Å². The first-order chi connectivity index (χ1) is 7.51. The molecule has 3 heteroatoms. The Morgan fingerprint density at radius 3 is 2.44 bits per heavy atom. The minimum absolute atomic E-state index is 0.341. The Hall–Kier alpha value is -0.540. The van der Waals surface area contributed by atoms with E-state index in [1.807, 2.05) is 31.2 Å². The molecule has 1 unspecified atom stereocenters. The first-order valence-corrected chi connectivity index (χ1v) is 6.70. The summed E-state index contributed by atoms with van der Waals surface area (Å²) in [4.78, 5) is 4.04. The molecule has 1 rings (SSSR count). The van der Waals surface area contributed by atoms with Gasteiger partial charge in [-0.1, -0.05) is 20.8 Å². The van der Waals surface area contributed by atoms with E-state index in [0.717, 1.165) is 12.2 Å². The molecular weight excluding hydrogens is 216 g/mol. The maximum absolute atomic E-state index is 4.04. The average molecular weight is 238 g/mol. The van der Waals surface area contributed by atoms with Crippen LogP contribution in [0.2, 0.25) is 0 Å². The van der Waals surface area contributed by atoms with Crippen molar-refractivity contribution in [3.8, 4) is 0 Å². The number of hydrogen-bond donors (Lipinski definition) is 1. The van der Waals surface area contributed by atoms with Gasteiger partial charge in [0.1, 0.15) is 0 Å². The third-order valence-corrected chi connectivity index (χ3v) is 3.79. The third-order valence-electron chi connectivity index (χ3n) is 2.36. The number of rotatable bonds is 5. The first kappa shape index (κ1) is 13.5. The van der Waals surface area contributed by atoms with E-state index in [1.54, 1.807) is 0 Å². The molecule has 0 radical (unpaired) electrons. The van der Waals surface area contributed by atoms with E-state index in [-0.39, 0.29) is 0 Å². The number of nitrogens with zero attached hydrogens (tertiary/aromatic N) is 1. The van der Waals surface area contributed by atoms with Gasteiger partial charge < -0.3 is 5.32 Å². The van der Waals surface area contributed by atoms with Crippen molar-refractivity contribution in [1.82, 2.24) is 10.3 Å². The molecule has 0 aromatic carbocycles. The maximum Gasteiger partial charge on any atom is 0.0270 e. The van der Waals surface area contributed by atoms with Crippen LogP contribution in [-0.4, -0.2) is 28.6 Å². The molecule has 1 atom stereocenters. The van der Waals surface area contributed by atoms with E-state index < -0.39 is 0 Å². The van der Waals surface area contributed by atoms with Gasteiger partial charge in [-0.05, 0) is 31.2 Å². The number of nitrogens with one attached hydrogen (secondary N) is 1. The van der Waals surface area contributed by atoms with Crippen LogP contribution in [0.15, 0.2) is 24.5 Å². The van der Waals surface area contributed by atoms with Crippen LogP contribution in [0.5, 0.6) is 0 Å². The summed E-state index contributed by atoms with van der Waals surface area (Å²) < 4.78 is 0.341. The summed E-state index contributed by atoms with van der Waals surface area (Å²) in [5.41, 5.74) is 1.35. The molecule has 0 amide bonds. The first-order valence-electron chi connectivity index (χ1n) is 5.71. The molecule has 1 aromatic heterocycles. The summed E-state index contributed by atoms with van der Waals surface area (Å²) in [6.07, 6.45) is 4.79. The molecule has 0 saturated carbocycles. The Morgan fingerprint density at radius 2 is 1.94 bits per heavy atom. The maximum atomic E-state index is 4.04. The molecule has 0 spiro atoms. The van der Waals surface area contributed by atoms with E-state index in [4.69, 9.17) is 0 Å². The summed E-state index contributed by atoms with van der Waals surface area (Å²) in [7, 11) is 2.04. The second-order valence-corrected chi connectivity index (χ2v) is 6.82. The van der Waals surface area contributed by atoms with Gasteiger partial charge in [0.15, 0.2) is 0 Å². The predicted octanol–water partition coefficient (Wildman–Crippen LogP) is 2.74. The molecule has 2 nitrogen and oxygen atoms in total. The molecular formula is C13H22N2S. The molecule has 90 valence electrons. The molecule has 0 aliphatic heterocycles. The molecule has 16 heavy (non-hydrogen) atoms. The highest BCUT2D eigenvalue weighted by Gasteiger charge is 2.14. The molecule has 0 saturated heterocycles. The van der Waals surface area contributed by atoms with Crippen LogP contribution >= 0.6 is 11.8 Å². The highest BCUT2D eigenvalue weighted by Crippen LogP contribution is 2.24. The van der Waals surface area contributed by atoms with Crippen molar-refractivity contribution in [3.05, 3.63) is 30.1 Å². The van der Waals surface area contributed by atoms with E-state index >= 15 is 0 Å². The van der Waals surface area contributed by atoms with E-state index in [0.29, 0.717) is 10.8 Å². The summed E-state index contributed by atoms with van der Waals surface area (Å²) in [6.45, 7) is 6.78. The standard InChI is InChI=1S/C13H22N2S/c1-13(2,3)16-10-12(14-4)9-11-5-7-15-8-6-11/h5-8,12,14H,9-10H2,1-4H3. The normalized spacial score (nSPS) is 13.8. The Kier molecular flexibility index (Phi) is 5.29. The van der Waals surface area contributed by atoms with E-state index in [9.17, 15) is 0 Å². The summed E-state index contributed by atoms with van der Waals surface area (Å²) in [5.74, 6) is 1.14. The second kappa shape index (κ2) is 6.26. The number of aromatic nitrogens is 1. The lowest BCUT2D eigenvalue weighted by atomic mass is 10.1. The van der Waals surface area contributed by atoms with Crippen molar-refractivity contribution in [2.45, 2.75) is 38.0 Å². The fourth-order valence-electron chi connectivity index (χ4n) is 1.40. The van der Waals surface area contributed by atoms with Crippen LogP contribution in [0.3, 0.4) is 0 Å². The van der Waals surface area contributed by atoms with E-state index in [2.05, 4.69) is 43.2 Å². The molecule has 1 heterocycles. The van der Waals surface area contributed by atoms with Crippen LogP contribution in [-0.2, 0) is 6.42 Å². The number of likely N-dealkylation sites (N-methyl/N-ethyl adjacent to an activating group) is 1. The number of thioether (sulfide) groups is 1. The Labute approximate surface area is 103 Å². The van der Waals surface area contributed by atoms with Crippen LogP contribution in [0.25, 0.3) is 0 Å². The summed E-state index contributed by atoms with van der Waals surface area (Å²) in [6, 6.07) is 4.71. The van der Waals surface area contributed by atoms with Gasteiger partial charge in [0.2, 0.25) is 0 Å². The third kappa shape index (κ3) is 5.52. The highest BCUT2D eigenvalue weighted by molar-refractivity contribution is 8.00. The van der Waals surface area contributed by atoms with Gasteiger partial charge in [0.05, 0.1) is 0 Å². The lowest BCUT2D eigenvalue weighted by Crippen LogP contribution is -2.31. The lowest BCUT2D eigenvalue weighted by Gasteiger charge is -2.22. The summed E-state index contributed by atoms with van der Waals surface area (Å²) in [5, 5.41) is 3.38. The van der Waals surface area contributed by atoms with Gasteiger partial charge in [0, 0.05) is 28.9 Å². The average Bonchev–Trinajstić information content (AvgIpc) is 2.24. The smallest absolute Gasteiger partial charge is 0.0270 e. The molecule has 0 bridgehead atoms. The van der Waals surface area contributed by atoms with Crippen LogP contribution in [0.1, 0.15) is 26.3 Å². The zero-order valence-electron chi connectivity index (χ0n) is 10.7. The molecule has 0 aliphatic rings. The fourth-order valence-corrected chi connectivity index (χ4v) is 2.38. The Balaban J connectivity index is 2.44. The monoisotopic (exact) mass is 238 g/mol. The molecule has 0 aliphatic carbocycles. The number of hydrogen-bond acceptors (Lipinski definition) is 3. The number of pyridine rings is 1. The second-order valence-electron chi connectivity index (χ2n) is 4.97. The minimum atomic E-state index is 0.341. The van der Waals surface area contributed by atoms with Gasteiger partial charge in [-0.15, -0.1) is 0 Å². The van der Waals surface area contributed by atoms with Crippen LogP contribution in [0.4, 0.5) is 0 Å². The van der Waals surface area contributed by atoms with Gasteiger partial charge in [-0.3, -0.25) is 4.98 Å². The topological polar surface area (TPSA) is 24.9 Å². The van der Waals surface area contributed by atoms with Crippen molar-refractivity contribution in [3.63, 3.8) is 0 Å². The van der Waals surface area contributed by atoms with Crippen LogP contribution in [0, 0.1) is 0 Å². The Morgan fingerprint density at radius 1 is 1.31 bits per heavy atom. The fraction of sp³-hybridized carbons (Fsp3) is 0.615. The van der Waals surface area contributed by atoms with Crippen molar-refractivity contribution in [2.24, 2.45) is 0 Å². The molecule has 1 aromatic rings. The summed E-state index contributed by atoms with van der Waals surface area (Å²) >= 11 is 2.01. The molecule has 0 fully saturated rings. The van der Waals surface area contributed by atoms with Crippen molar-refractivity contribution >= 4 is 11.8 Å². The largest absolute Gasteiger partial charge is 0.316 e. The van der Waals surface area contributed by atoms with Gasteiger partial charge in [-0.2, -0.15) is 11.8 Å². The van der Waals surface area contributed by atoms with Crippen molar-refractivity contribution in [1.29, 1.82) is 0 Å². The van der Waals surface area contributed by atoms with Crippen molar-refractivity contribution < 1.29 is 0 Å². The quantitative estimate of drug-likeness (QED) is 0.854. The van der Waals surface area contributed by atoms with Gasteiger partial charge in [0.25, 0.3) is 0 Å². The van der Waals surface area contributed by atoms with Crippen molar-refractivity contribution in [2.75, 3.05) is 12.8 Å². The predicted molar refractivity (Wildman–Crippen MR) is 73.0 cm³/mol. The van der Waals surface area contributed by atoms with Crippen LogP contribution < -0.4 is 5.32 Å². The zero-order valence-corrected chi connectivity index (χ0v) is 11.5. The van der Waals surface area contributed by atoms with E-state index in [1.165, 1.54) is 5.56 Å². The zero-order chi connectivity index (χ0) is 12.0. The minimum Gasteiger partial charge on any atom is -0.316 e. The SMILES string of the molecule is CNC(CSC(C)(C)C)Cc1ccncc1. The highest BCUT2D eigenvalue weighted by atomic mass is 32.2. The molecule has 1 N–H and O–H groups in total. The lowest BCUT2D eigenvalue weighted by molar-refractivity contribution is 0.613. The Bertz CT molecular complexity index is 293. The van der Waals surface area contributed by atoms with Gasteiger partial charge >= 0.3 is 0 Å².